The highest BCUT2D eigenvalue weighted by molar-refractivity contribution is 7.99. The molecule has 1 saturated heterocycles. The van der Waals surface area contributed by atoms with Gasteiger partial charge in [0.2, 0.25) is 6.79 Å². The van der Waals surface area contributed by atoms with E-state index in [0.717, 1.165) is 30.5 Å². The maximum absolute atomic E-state index is 5.38. The van der Waals surface area contributed by atoms with E-state index in [0.29, 0.717) is 6.79 Å². The van der Waals surface area contributed by atoms with Gasteiger partial charge in [0.15, 0.2) is 11.5 Å². The van der Waals surface area contributed by atoms with Gasteiger partial charge in [-0.3, -0.25) is 0 Å². The Morgan fingerprint density at radius 3 is 3.11 bits per heavy atom. The van der Waals surface area contributed by atoms with Gasteiger partial charge in [0.05, 0.1) is 0 Å². The summed E-state index contributed by atoms with van der Waals surface area (Å²) >= 11 is 2.09. The second-order valence-corrected chi connectivity index (χ2v) is 6.05. The zero-order valence-electron chi connectivity index (χ0n) is 10.5. The van der Waals surface area contributed by atoms with Crippen LogP contribution < -0.4 is 14.8 Å². The highest BCUT2D eigenvalue weighted by Crippen LogP contribution is 2.32. The lowest BCUT2D eigenvalue weighted by molar-refractivity contribution is 0.174. The molecule has 4 heteroatoms. The zero-order valence-corrected chi connectivity index (χ0v) is 11.3. The van der Waals surface area contributed by atoms with Crippen LogP contribution in [0.5, 0.6) is 11.5 Å². The minimum Gasteiger partial charge on any atom is -0.454 e. The van der Waals surface area contributed by atoms with Crippen LogP contribution in [0.1, 0.15) is 18.4 Å². The standard InChI is InChI=1S/C14H19NO2S/c1-2-12(9-18-5-1)8-15-7-11-3-4-13-14(6-11)17-10-16-13/h3-4,6,12,15H,1-2,5,7-10H2. The number of benzene rings is 1. The molecule has 0 amide bonds. The highest BCUT2D eigenvalue weighted by atomic mass is 32.2. The van der Waals surface area contributed by atoms with Crippen molar-refractivity contribution in [3.05, 3.63) is 23.8 Å². The predicted molar refractivity (Wildman–Crippen MR) is 74.3 cm³/mol. The van der Waals surface area contributed by atoms with E-state index in [4.69, 9.17) is 9.47 Å². The average Bonchev–Trinajstić information content (AvgIpc) is 2.87. The van der Waals surface area contributed by atoms with Crippen LogP contribution in [-0.2, 0) is 6.54 Å². The van der Waals surface area contributed by atoms with Crippen LogP contribution in [-0.4, -0.2) is 24.8 Å². The minimum atomic E-state index is 0.353. The van der Waals surface area contributed by atoms with Crippen LogP contribution in [0.2, 0.25) is 0 Å². The largest absolute Gasteiger partial charge is 0.454 e. The molecular formula is C14H19NO2S. The summed E-state index contributed by atoms with van der Waals surface area (Å²) in [4.78, 5) is 0. The number of nitrogens with one attached hydrogen (secondary N) is 1. The molecule has 0 aliphatic carbocycles. The van der Waals surface area contributed by atoms with Crippen LogP contribution in [0.3, 0.4) is 0 Å². The monoisotopic (exact) mass is 265 g/mol. The van der Waals surface area contributed by atoms with E-state index in [9.17, 15) is 0 Å². The van der Waals surface area contributed by atoms with Crippen molar-refractivity contribution in [3.63, 3.8) is 0 Å². The molecule has 0 radical (unpaired) electrons. The second kappa shape index (κ2) is 5.85. The number of fused-ring (bicyclic) bond motifs is 1. The average molecular weight is 265 g/mol. The molecule has 1 fully saturated rings. The molecule has 2 heterocycles. The molecule has 1 unspecified atom stereocenters. The summed E-state index contributed by atoms with van der Waals surface area (Å²) in [7, 11) is 0. The molecule has 2 aliphatic rings. The van der Waals surface area contributed by atoms with Gasteiger partial charge in [-0.15, -0.1) is 0 Å². The molecule has 3 nitrogen and oxygen atoms in total. The SMILES string of the molecule is c1cc2c(cc1CNCC1CCCSC1)OCO2. The van der Waals surface area contributed by atoms with Crippen LogP contribution in [0.4, 0.5) is 0 Å². The summed E-state index contributed by atoms with van der Waals surface area (Å²) in [5.41, 5.74) is 1.27. The molecule has 1 N–H and O–H groups in total. The van der Waals surface area contributed by atoms with Crippen LogP contribution in [0.15, 0.2) is 18.2 Å². The normalized spacial score (nSPS) is 22.1. The Labute approximate surface area is 112 Å². The van der Waals surface area contributed by atoms with Crippen molar-refractivity contribution in [1.82, 2.24) is 5.32 Å². The molecule has 0 saturated carbocycles. The first kappa shape index (κ1) is 12.2. The van der Waals surface area contributed by atoms with Gasteiger partial charge in [-0.05, 0) is 54.5 Å². The van der Waals surface area contributed by atoms with Gasteiger partial charge < -0.3 is 14.8 Å². The Morgan fingerprint density at radius 2 is 2.22 bits per heavy atom. The van der Waals surface area contributed by atoms with E-state index in [2.05, 4.69) is 29.2 Å². The predicted octanol–water partition coefficient (Wildman–Crippen LogP) is 2.65. The topological polar surface area (TPSA) is 30.5 Å². The lowest BCUT2D eigenvalue weighted by atomic mass is 10.1. The van der Waals surface area contributed by atoms with Crippen molar-refractivity contribution in [2.45, 2.75) is 19.4 Å². The fourth-order valence-electron chi connectivity index (χ4n) is 2.44. The number of rotatable bonds is 4. The van der Waals surface area contributed by atoms with Gasteiger partial charge in [-0.1, -0.05) is 6.07 Å². The maximum Gasteiger partial charge on any atom is 0.231 e. The Morgan fingerprint density at radius 1 is 1.28 bits per heavy atom. The number of thioether (sulfide) groups is 1. The summed E-state index contributed by atoms with van der Waals surface area (Å²) < 4.78 is 10.7. The maximum atomic E-state index is 5.38. The molecule has 0 bridgehead atoms. The molecule has 2 aliphatic heterocycles. The van der Waals surface area contributed by atoms with E-state index >= 15 is 0 Å². The Bertz CT molecular complexity index is 405. The quantitative estimate of drug-likeness (QED) is 0.906. The third-order valence-electron chi connectivity index (χ3n) is 3.45. The van der Waals surface area contributed by atoms with E-state index in [-0.39, 0.29) is 0 Å². The molecule has 98 valence electrons. The zero-order chi connectivity index (χ0) is 12.2. The van der Waals surface area contributed by atoms with Gasteiger partial charge in [0.25, 0.3) is 0 Å². The van der Waals surface area contributed by atoms with Crippen molar-refractivity contribution >= 4 is 11.8 Å². The summed E-state index contributed by atoms with van der Waals surface area (Å²) in [5, 5.41) is 3.55. The Balaban J connectivity index is 1.48. The molecule has 3 rings (SSSR count). The molecule has 18 heavy (non-hydrogen) atoms. The minimum absolute atomic E-state index is 0.353. The molecule has 0 aromatic heterocycles. The number of hydrogen-bond acceptors (Lipinski definition) is 4. The number of hydrogen-bond donors (Lipinski definition) is 1. The molecule has 0 spiro atoms. The van der Waals surface area contributed by atoms with Crippen molar-refractivity contribution in [3.8, 4) is 11.5 Å². The van der Waals surface area contributed by atoms with Gasteiger partial charge >= 0.3 is 0 Å². The van der Waals surface area contributed by atoms with Gasteiger partial charge in [-0.25, -0.2) is 0 Å². The summed E-state index contributed by atoms with van der Waals surface area (Å²) in [6, 6.07) is 6.18. The van der Waals surface area contributed by atoms with Crippen LogP contribution in [0, 0.1) is 5.92 Å². The molecule has 1 atom stereocenters. The lowest BCUT2D eigenvalue weighted by Gasteiger charge is -2.21. The van der Waals surface area contributed by atoms with Crippen molar-refractivity contribution < 1.29 is 9.47 Å². The van der Waals surface area contributed by atoms with E-state index < -0.39 is 0 Å². The smallest absolute Gasteiger partial charge is 0.231 e. The van der Waals surface area contributed by atoms with E-state index in [1.807, 2.05) is 6.07 Å². The van der Waals surface area contributed by atoms with Crippen molar-refractivity contribution in [2.24, 2.45) is 5.92 Å². The molecule has 1 aromatic rings. The van der Waals surface area contributed by atoms with Crippen molar-refractivity contribution in [2.75, 3.05) is 24.8 Å². The summed E-state index contributed by atoms with van der Waals surface area (Å²) in [5.74, 6) is 5.25. The highest BCUT2D eigenvalue weighted by Gasteiger charge is 2.14. The summed E-state index contributed by atoms with van der Waals surface area (Å²) in [6.45, 7) is 2.39. The second-order valence-electron chi connectivity index (χ2n) is 4.90. The first-order valence-electron chi connectivity index (χ1n) is 6.59. The Kier molecular flexibility index (Phi) is 3.96. The van der Waals surface area contributed by atoms with Crippen LogP contribution in [0.25, 0.3) is 0 Å². The first-order chi connectivity index (χ1) is 8.92. The Hall–Kier alpha value is -0.870. The van der Waals surface area contributed by atoms with Crippen LogP contribution >= 0.6 is 11.8 Å². The first-order valence-corrected chi connectivity index (χ1v) is 7.74. The molecule has 1 aromatic carbocycles. The van der Waals surface area contributed by atoms with Gasteiger partial charge in [0, 0.05) is 6.54 Å². The fraction of sp³-hybridized carbons (Fsp3) is 0.571. The van der Waals surface area contributed by atoms with E-state index in [1.165, 1.54) is 29.9 Å². The number of ether oxygens (including phenoxy) is 2. The van der Waals surface area contributed by atoms with Gasteiger partial charge in [0.1, 0.15) is 0 Å². The fourth-order valence-corrected chi connectivity index (χ4v) is 3.60. The lowest BCUT2D eigenvalue weighted by Crippen LogP contribution is -2.26. The molecular weight excluding hydrogens is 246 g/mol. The van der Waals surface area contributed by atoms with Gasteiger partial charge in [-0.2, -0.15) is 11.8 Å². The summed E-state index contributed by atoms with van der Waals surface area (Å²) in [6.07, 6.45) is 2.75. The third-order valence-corrected chi connectivity index (χ3v) is 4.74. The third kappa shape index (κ3) is 2.93. The van der Waals surface area contributed by atoms with Crippen molar-refractivity contribution in [1.29, 1.82) is 0 Å². The van der Waals surface area contributed by atoms with E-state index in [1.54, 1.807) is 0 Å².